The second kappa shape index (κ2) is 13.3. The molecule has 2 aromatic rings. The van der Waals surface area contributed by atoms with Crippen molar-refractivity contribution in [2.45, 2.75) is 5.60 Å². The van der Waals surface area contributed by atoms with E-state index in [1.165, 1.54) is 36.4 Å². The Hall–Kier alpha value is 0.1000. The Balaban J connectivity index is 0.000000633. The van der Waals surface area contributed by atoms with Crippen molar-refractivity contribution in [3.05, 3.63) is 67.6 Å². The van der Waals surface area contributed by atoms with Crippen molar-refractivity contribution < 1.29 is 44.3 Å². The van der Waals surface area contributed by atoms with Crippen LogP contribution in [0.25, 0.3) is 0 Å². The van der Waals surface area contributed by atoms with Gasteiger partial charge in [-0.2, -0.15) is 0 Å². The topological polar surface area (TPSA) is 171 Å². The Kier molecular flexibility index (Phi) is 12.5. The quantitative estimate of drug-likeness (QED) is 0.222. The highest BCUT2D eigenvalue weighted by Gasteiger charge is 2.54. The third-order valence-electron chi connectivity index (χ3n) is 4.46. The molecule has 0 saturated carbocycles. The summed E-state index contributed by atoms with van der Waals surface area (Å²) in [5.41, 5.74) is -3.64. The summed E-state index contributed by atoms with van der Waals surface area (Å²) in [6.45, 7) is -2.22. The summed E-state index contributed by atoms with van der Waals surface area (Å²) >= 11 is 24.4. The molecule has 2 rings (SSSR count). The standard InChI is InChI=1S/C17H16Cl4O4.H4O5P2/c18-10-1-3-12(14(20)5-10)17(25,16(7-22,8-23)9-24)13-4-2-11(19)6-15(13)21;1-6(2)5-7(3)4/h1-6,22-25H,7-9H2;1-4H. The largest absolute Gasteiger partial charge is 0.395 e. The van der Waals surface area contributed by atoms with E-state index in [4.69, 9.17) is 66.0 Å². The monoisotopic (exact) mass is 570 g/mol. The van der Waals surface area contributed by atoms with Crippen molar-refractivity contribution in [1.82, 2.24) is 0 Å². The maximum atomic E-state index is 11.7. The number of hydrogen-bond acceptors (Lipinski definition) is 9. The lowest BCUT2D eigenvalue weighted by Gasteiger charge is -2.45. The van der Waals surface area contributed by atoms with E-state index in [0.717, 1.165) is 0 Å². The van der Waals surface area contributed by atoms with Crippen LogP contribution in [0.4, 0.5) is 0 Å². The van der Waals surface area contributed by atoms with Crippen molar-refractivity contribution in [3.63, 3.8) is 0 Å². The van der Waals surface area contributed by atoms with Gasteiger partial charge in [-0.1, -0.05) is 58.5 Å². The van der Waals surface area contributed by atoms with Gasteiger partial charge in [-0.05, 0) is 24.3 Å². The van der Waals surface area contributed by atoms with Crippen molar-refractivity contribution in [3.8, 4) is 0 Å². The van der Waals surface area contributed by atoms with Gasteiger partial charge in [0.15, 0.2) is 0 Å². The Morgan fingerprint density at radius 2 is 1.03 bits per heavy atom. The van der Waals surface area contributed by atoms with Gasteiger partial charge in [-0.25, -0.2) is 4.31 Å². The lowest BCUT2D eigenvalue weighted by atomic mass is 9.66. The molecular weight excluding hydrogens is 552 g/mol. The molecule has 2 aromatic carbocycles. The normalized spacial score (nSPS) is 12.2. The Bertz CT molecular complexity index is 819. The predicted molar refractivity (Wildman–Crippen MR) is 123 cm³/mol. The van der Waals surface area contributed by atoms with Gasteiger partial charge >= 0.3 is 17.2 Å². The lowest BCUT2D eigenvalue weighted by Crippen LogP contribution is -2.54. The van der Waals surface area contributed by atoms with Gasteiger partial charge in [0, 0.05) is 31.2 Å². The smallest absolute Gasteiger partial charge is 0.334 e. The van der Waals surface area contributed by atoms with Gasteiger partial charge in [-0.15, -0.1) is 0 Å². The highest BCUT2D eigenvalue weighted by molar-refractivity contribution is 7.53. The number of benzene rings is 2. The van der Waals surface area contributed by atoms with Gasteiger partial charge in [0.05, 0.1) is 25.2 Å². The van der Waals surface area contributed by atoms with E-state index < -0.39 is 48.0 Å². The fourth-order valence-electron chi connectivity index (χ4n) is 2.84. The molecule has 0 spiro atoms. The highest BCUT2D eigenvalue weighted by atomic mass is 35.5. The molecule has 32 heavy (non-hydrogen) atoms. The van der Waals surface area contributed by atoms with Crippen LogP contribution in [0.3, 0.4) is 0 Å². The van der Waals surface area contributed by atoms with Crippen LogP contribution >= 0.6 is 63.6 Å². The summed E-state index contributed by atoms with van der Waals surface area (Å²) in [6, 6.07) is 8.70. The molecule has 0 aliphatic rings. The molecule has 0 radical (unpaired) electrons. The zero-order chi connectivity index (χ0) is 24.7. The van der Waals surface area contributed by atoms with Crippen LogP contribution in [0.5, 0.6) is 0 Å². The van der Waals surface area contributed by atoms with Crippen LogP contribution in [0.15, 0.2) is 36.4 Å². The molecular formula is C17H20Cl4O9P2. The fraction of sp³-hybridized carbons (Fsp3) is 0.294. The SMILES string of the molecule is OCC(CO)(CO)C(O)(c1ccc(Cl)cc1Cl)c1ccc(Cl)cc1Cl.OP(O)OP(O)O. The van der Waals surface area contributed by atoms with E-state index in [1.54, 1.807) is 0 Å². The van der Waals surface area contributed by atoms with E-state index in [9.17, 15) is 20.4 Å². The molecule has 0 atom stereocenters. The number of aliphatic hydroxyl groups excluding tert-OH is 3. The zero-order valence-corrected chi connectivity index (χ0v) is 20.8. The molecule has 0 amide bonds. The van der Waals surface area contributed by atoms with Crippen molar-refractivity contribution in [2.75, 3.05) is 19.8 Å². The van der Waals surface area contributed by atoms with Crippen molar-refractivity contribution in [2.24, 2.45) is 5.41 Å². The van der Waals surface area contributed by atoms with Crippen LogP contribution in [-0.2, 0) is 9.91 Å². The zero-order valence-electron chi connectivity index (χ0n) is 16.0. The van der Waals surface area contributed by atoms with Gasteiger partial charge in [0.25, 0.3) is 0 Å². The summed E-state index contributed by atoms with van der Waals surface area (Å²) in [7, 11) is -5.22. The van der Waals surface area contributed by atoms with Crippen molar-refractivity contribution >= 4 is 63.6 Å². The molecule has 0 aliphatic carbocycles. The number of hydrogen-bond donors (Lipinski definition) is 8. The van der Waals surface area contributed by atoms with Crippen LogP contribution in [0.1, 0.15) is 11.1 Å². The second-order valence-electron chi connectivity index (χ2n) is 6.30. The van der Waals surface area contributed by atoms with Crippen molar-refractivity contribution in [1.29, 1.82) is 0 Å². The van der Waals surface area contributed by atoms with E-state index in [-0.39, 0.29) is 21.2 Å². The van der Waals surface area contributed by atoms with Gasteiger partial charge in [0.2, 0.25) is 0 Å². The van der Waals surface area contributed by atoms with E-state index in [0.29, 0.717) is 10.0 Å². The summed E-state index contributed by atoms with van der Waals surface area (Å²) in [5, 5.41) is 42.2. The fourth-order valence-corrected chi connectivity index (χ4v) is 4.45. The average Bonchev–Trinajstić information content (AvgIpc) is 2.68. The number of aliphatic hydroxyl groups is 4. The first-order valence-corrected chi connectivity index (χ1v) is 12.2. The molecule has 0 aliphatic heterocycles. The summed E-state index contributed by atoms with van der Waals surface area (Å²) in [6.07, 6.45) is 0. The van der Waals surface area contributed by atoms with Crippen LogP contribution in [0, 0.1) is 5.41 Å². The first-order valence-electron chi connectivity index (χ1n) is 8.38. The minimum absolute atomic E-state index is 0.0840. The third kappa shape index (κ3) is 7.06. The van der Waals surface area contributed by atoms with E-state index >= 15 is 0 Å². The Morgan fingerprint density at radius 1 is 0.688 bits per heavy atom. The molecule has 8 N–H and O–H groups in total. The highest BCUT2D eigenvalue weighted by Crippen LogP contribution is 2.49. The molecule has 0 unspecified atom stereocenters. The maximum Gasteiger partial charge on any atom is 0.334 e. The summed E-state index contributed by atoms with van der Waals surface area (Å²) < 4.78 is 3.60. The molecule has 180 valence electrons. The first kappa shape index (κ1) is 30.1. The third-order valence-corrected chi connectivity index (χ3v) is 6.73. The summed E-state index contributed by atoms with van der Waals surface area (Å²) in [4.78, 5) is 31.3. The second-order valence-corrected chi connectivity index (χ2v) is 9.65. The predicted octanol–water partition coefficient (Wildman–Crippen LogP) is 2.93. The molecule has 0 bridgehead atoms. The first-order chi connectivity index (χ1) is 14.9. The van der Waals surface area contributed by atoms with Crippen LogP contribution in [0.2, 0.25) is 20.1 Å². The minimum Gasteiger partial charge on any atom is -0.395 e. The van der Waals surface area contributed by atoms with Crippen LogP contribution in [-0.4, -0.2) is 59.8 Å². The molecule has 0 fully saturated rings. The minimum atomic E-state index is -2.61. The van der Waals surface area contributed by atoms with E-state index in [1.807, 2.05) is 0 Å². The molecule has 0 heterocycles. The van der Waals surface area contributed by atoms with Gasteiger partial charge in [0.1, 0.15) is 5.60 Å². The van der Waals surface area contributed by atoms with E-state index in [2.05, 4.69) is 4.31 Å². The number of rotatable bonds is 8. The van der Waals surface area contributed by atoms with Crippen LogP contribution < -0.4 is 0 Å². The maximum absolute atomic E-state index is 11.7. The van der Waals surface area contributed by atoms with Gasteiger partial charge < -0.3 is 40.0 Å². The molecule has 0 aromatic heterocycles. The summed E-state index contributed by atoms with van der Waals surface area (Å²) in [5.74, 6) is 0. The number of halogens is 4. The van der Waals surface area contributed by atoms with Gasteiger partial charge in [-0.3, -0.25) is 0 Å². The Morgan fingerprint density at radius 3 is 1.25 bits per heavy atom. The molecule has 0 saturated heterocycles. The average molecular weight is 572 g/mol. The lowest BCUT2D eigenvalue weighted by molar-refractivity contribution is -0.135. The molecule has 15 heteroatoms. The Labute approximate surface area is 206 Å². The molecule has 9 nitrogen and oxygen atoms in total.